The number of aryl methyl sites for hydroxylation is 1. The van der Waals surface area contributed by atoms with Gasteiger partial charge in [0.2, 0.25) is 0 Å². The molecule has 2 unspecified atom stereocenters. The minimum absolute atomic E-state index is 0.267. The fourth-order valence-electron chi connectivity index (χ4n) is 2.28. The van der Waals surface area contributed by atoms with Crippen molar-refractivity contribution < 1.29 is 0 Å². The first-order chi connectivity index (χ1) is 7.83. The smallest absolute Gasteiger partial charge is 0.0662 e. The fraction of sp³-hybridized carbons (Fsp3) is 0.357. The zero-order valence-corrected chi connectivity index (χ0v) is 10.1. The van der Waals surface area contributed by atoms with E-state index in [1.54, 1.807) is 11.3 Å². The average molecular weight is 227 g/mol. The molecule has 0 amide bonds. The van der Waals surface area contributed by atoms with Gasteiger partial charge in [-0.25, -0.2) is 0 Å². The van der Waals surface area contributed by atoms with E-state index in [-0.39, 0.29) is 5.92 Å². The quantitative estimate of drug-likeness (QED) is 0.758. The Hall–Kier alpha value is -1.33. The van der Waals surface area contributed by atoms with Crippen molar-refractivity contribution in [2.75, 3.05) is 0 Å². The summed E-state index contributed by atoms with van der Waals surface area (Å²) in [5.74, 6) is 0.772. The summed E-state index contributed by atoms with van der Waals surface area (Å²) in [6.07, 6.45) is 2.14. The molecule has 0 spiro atoms. The maximum atomic E-state index is 8.90. The molecule has 2 heteroatoms. The Morgan fingerprint density at radius 1 is 1.50 bits per heavy atom. The summed E-state index contributed by atoms with van der Waals surface area (Å²) in [7, 11) is 0. The summed E-state index contributed by atoms with van der Waals surface area (Å²) < 4.78 is 1.36. The van der Waals surface area contributed by atoms with E-state index in [0.29, 0.717) is 5.92 Å². The second-order valence-electron chi connectivity index (χ2n) is 4.45. The van der Waals surface area contributed by atoms with Crippen LogP contribution < -0.4 is 0 Å². The minimum Gasteiger partial charge on any atom is -0.198 e. The van der Waals surface area contributed by atoms with Crippen molar-refractivity contribution in [1.29, 1.82) is 5.26 Å². The molecule has 16 heavy (non-hydrogen) atoms. The van der Waals surface area contributed by atoms with Crippen LogP contribution in [0.5, 0.6) is 0 Å². The number of thiophene rings is 1. The zero-order chi connectivity index (χ0) is 11.1. The Bertz CT molecular complexity index is 576. The number of nitrogens with zero attached hydrogens (tertiary/aromatic N) is 1. The van der Waals surface area contributed by atoms with E-state index in [9.17, 15) is 0 Å². The van der Waals surface area contributed by atoms with Crippen LogP contribution in [0.4, 0.5) is 0 Å². The molecular weight excluding hydrogens is 214 g/mol. The Morgan fingerprint density at radius 2 is 2.38 bits per heavy atom. The minimum atomic E-state index is 0.267. The predicted octanol–water partition coefficient (Wildman–Crippen LogP) is 4.09. The molecule has 0 aliphatic heterocycles. The largest absolute Gasteiger partial charge is 0.198 e. The van der Waals surface area contributed by atoms with Crippen LogP contribution in [0.15, 0.2) is 23.6 Å². The van der Waals surface area contributed by atoms with Gasteiger partial charge in [0.15, 0.2) is 0 Å². The van der Waals surface area contributed by atoms with Crippen LogP contribution in [0, 0.1) is 17.2 Å². The van der Waals surface area contributed by atoms with Crippen molar-refractivity contribution in [2.45, 2.75) is 25.7 Å². The van der Waals surface area contributed by atoms with Gasteiger partial charge in [0.1, 0.15) is 0 Å². The molecule has 1 fully saturated rings. The lowest BCUT2D eigenvalue weighted by Crippen LogP contribution is -1.82. The number of hydrogen-bond donors (Lipinski definition) is 0. The SMILES string of the molecule is CCc1ccc2scc(C3CC3C#N)c2c1. The van der Waals surface area contributed by atoms with Crippen LogP contribution in [0.2, 0.25) is 0 Å². The van der Waals surface area contributed by atoms with Gasteiger partial charge in [-0.05, 0) is 40.8 Å². The highest BCUT2D eigenvalue weighted by Crippen LogP contribution is 2.50. The maximum absolute atomic E-state index is 8.90. The summed E-state index contributed by atoms with van der Waals surface area (Å²) in [6.45, 7) is 2.18. The summed E-state index contributed by atoms with van der Waals surface area (Å²) in [5, 5.41) is 12.5. The van der Waals surface area contributed by atoms with Gasteiger partial charge >= 0.3 is 0 Å². The van der Waals surface area contributed by atoms with Gasteiger partial charge in [0.25, 0.3) is 0 Å². The Balaban J connectivity index is 2.09. The van der Waals surface area contributed by atoms with Crippen LogP contribution in [0.25, 0.3) is 10.1 Å². The molecule has 1 aromatic heterocycles. The lowest BCUT2D eigenvalue weighted by atomic mass is 10.0. The van der Waals surface area contributed by atoms with Crippen molar-refractivity contribution in [1.82, 2.24) is 0 Å². The van der Waals surface area contributed by atoms with Gasteiger partial charge in [0.05, 0.1) is 12.0 Å². The highest BCUT2D eigenvalue weighted by Gasteiger charge is 2.39. The second-order valence-corrected chi connectivity index (χ2v) is 5.36. The Kier molecular flexibility index (Phi) is 2.22. The average Bonchev–Trinajstić information content (AvgIpc) is 3.00. The third kappa shape index (κ3) is 1.44. The van der Waals surface area contributed by atoms with E-state index >= 15 is 0 Å². The normalized spacial score (nSPS) is 23.2. The van der Waals surface area contributed by atoms with E-state index in [1.807, 2.05) is 0 Å². The first-order valence-corrected chi connectivity index (χ1v) is 6.61. The van der Waals surface area contributed by atoms with E-state index in [1.165, 1.54) is 21.2 Å². The van der Waals surface area contributed by atoms with Gasteiger partial charge in [-0.1, -0.05) is 19.1 Å². The topological polar surface area (TPSA) is 23.8 Å². The van der Waals surface area contributed by atoms with Crippen molar-refractivity contribution in [3.63, 3.8) is 0 Å². The molecule has 1 aromatic carbocycles. The number of hydrogen-bond acceptors (Lipinski definition) is 2. The molecule has 0 radical (unpaired) electrons. The number of rotatable bonds is 2. The molecule has 80 valence electrons. The molecule has 0 N–H and O–H groups in total. The molecule has 3 rings (SSSR count). The third-order valence-electron chi connectivity index (χ3n) is 3.43. The first kappa shape index (κ1) is 9.86. The number of nitriles is 1. The van der Waals surface area contributed by atoms with Crippen molar-refractivity contribution in [3.8, 4) is 6.07 Å². The highest BCUT2D eigenvalue weighted by atomic mass is 32.1. The van der Waals surface area contributed by atoms with Gasteiger partial charge in [-0.15, -0.1) is 11.3 Å². The molecule has 0 saturated heterocycles. The van der Waals surface area contributed by atoms with E-state index in [4.69, 9.17) is 5.26 Å². The van der Waals surface area contributed by atoms with Crippen molar-refractivity contribution in [2.24, 2.45) is 5.92 Å². The van der Waals surface area contributed by atoms with Crippen LogP contribution in [0.1, 0.15) is 30.4 Å². The van der Waals surface area contributed by atoms with Crippen LogP contribution in [0.3, 0.4) is 0 Å². The summed E-state index contributed by atoms with van der Waals surface area (Å²) in [6, 6.07) is 9.09. The second kappa shape index (κ2) is 3.61. The highest BCUT2D eigenvalue weighted by molar-refractivity contribution is 7.17. The fourth-order valence-corrected chi connectivity index (χ4v) is 3.29. The maximum Gasteiger partial charge on any atom is 0.0662 e. The number of benzene rings is 1. The first-order valence-electron chi connectivity index (χ1n) is 5.73. The standard InChI is InChI=1S/C14H13NS/c1-2-9-3-4-14-12(5-9)13(8-16-14)11-6-10(11)7-15/h3-5,8,10-11H,2,6H2,1H3. The predicted molar refractivity (Wildman–Crippen MR) is 67.7 cm³/mol. The molecular formula is C14H13NS. The Morgan fingerprint density at radius 3 is 3.06 bits per heavy atom. The molecule has 2 aromatic rings. The summed E-state index contributed by atoms with van der Waals surface area (Å²) >= 11 is 1.80. The Labute approximate surface area is 99.3 Å². The van der Waals surface area contributed by atoms with Crippen LogP contribution >= 0.6 is 11.3 Å². The van der Waals surface area contributed by atoms with Crippen LogP contribution in [-0.4, -0.2) is 0 Å². The zero-order valence-electron chi connectivity index (χ0n) is 9.23. The summed E-state index contributed by atoms with van der Waals surface area (Å²) in [5.41, 5.74) is 2.79. The van der Waals surface area contributed by atoms with Gasteiger partial charge in [-0.2, -0.15) is 5.26 Å². The van der Waals surface area contributed by atoms with E-state index < -0.39 is 0 Å². The van der Waals surface area contributed by atoms with Gasteiger partial charge in [-0.3, -0.25) is 0 Å². The number of fused-ring (bicyclic) bond motifs is 1. The van der Waals surface area contributed by atoms with E-state index in [0.717, 1.165) is 12.8 Å². The molecule has 1 heterocycles. The van der Waals surface area contributed by atoms with E-state index in [2.05, 4.69) is 36.6 Å². The lowest BCUT2D eigenvalue weighted by molar-refractivity contribution is 1.04. The third-order valence-corrected chi connectivity index (χ3v) is 4.41. The molecule has 2 atom stereocenters. The molecule has 1 nitrogen and oxygen atoms in total. The molecule has 1 aliphatic carbocycles. The van der Waals surface area contributed by atoms with Gasteiger partial charge < -0.3 is 0 Å². The molecule has 1 saturated carbocycles. The summed E-state index contributed by atoms with van der Waals surface area (Å²) in [4.78, 5) is 0. The lowest BCUT2D eigenvalue weighted by Gasteiger charge is -1.99. The van der Waals surface area contributed by atoms with Gasteiger partial charge in [0, 0.05) is 10.6 Å². The van der Waals surface area contributed by atoms with Crippen LogP contribution in [-0.2, 0) is 6.42 Å². The van der Waals surface area contributed by atoms with Crippen molar-refractivity contribution in [3.05, 3.63) is 34.7 Å². The molecule has 0 bridgehead atoms. The molecule has 1 aliphatic rings. The van der Waals surface area contributed by atoms with Crippen molar-refractivity contribution >= 4 is 21.4 Å². The monoisotopic (exact) mass is 227 g/mol.